The molecule has 0 aliphatic rings. The Morgan fingerprint density at radius 1 is 1.31 bits per heavy atom. The molecule has 0 aliphatic carbocycles. The number of aliphatic hydroxyl groups excluding tert-OH is 1. The maximum atomic E-state index is 11.3. The van der Waals surface area contributed by atoms with Crippen molar-refractivity contribution in [1.82, 2.24) is 5.32 Å². The van der Waals surface area contributed by atoms with Crippen LogP contribution < -0.4 is 5.32 Å². The smallest absolute Gasteiger partial charge is 0.220 e. The minimum atomic E-state index is -0.105. The summed E-state index contributed by atoms with van der Waals surface area (Å²) in [5.74, 6) is 0.676. The van der Waals surface area contributed by atoms with E-state index in [1.807, 2.05) is 27.7 Å². The van der Waals surface area contributed by atoms with Crippen LogP contribution >= 0.6 is 0 Å². The molecule has 0 aliphatic heterocycles. The van der Waals surface area contributed by atoms with Crippen LogP contribution in [-0.2, 0) is 4.79 Å². The molecule has 2 N–H and O–H groups in total. The zero-order valence-electron chi connectivity index (χ0n) is 9.00. The Labute approximate surface area is 80.5 Å². The fraction of sp³-hybridized carbons (Fsp3) is 0.900. The summed E-state index contributed by atoms with van der Waals surface area (Å²) < 4.78 is 0. The Kier molecular flexibility index (Phi) is 5.71. The molecule has 0 saturated carbocycles. The maximum Gasteiger partial charge on any atom is 0.220 e. The highest BCUT2D eigenvalue weighted by atomic mass is 16.3. The van der Waals surface area contributed by atoms with Crippen LogP contribution in [0, 0.1) is 11.8 Å². The summed E-state index contributed by atoms with van der Waals surface area (Å²) in [7, 11) is 0. The number of rotatable bonds is 5. The van der Waals surface area contributed by atoms with Gasteiger partial charge in [-0.2, -0.15) is 0 Å². The fourth-order valence-electron chi connectivity index (χ4n) is 1.06. The number of amides is 1. The number of hydrogen-bond donors (Lipinski definition) is 2. The quantitative estimate of drug-likeness (QED) is 0.678. The first-order valence-electron chi connectivity index (χ1n) is 4.87. The molecule has 0 fully saturated rings. The van der Waals surface area contributed by atoms with E-state index in [0.29, 0.717) is 12.3 Å². The highest BCUT2D eigenvalue weighted by Crippen LogP contribution is 2.03. The molecular weight excluding hydrogens is 166 g/mol. The van der Waals surface area contributed by atoms with Gasteiger partial charge in [0.25, 0.3) is 0 Å². The molecule has 0 spiro atoms. The summed E-state index contributed by atoms with van der Waals surface area (Å²) in [6.45, 7) is 7.99. The molecule has 0 aromatic rings. The molecule has 0 saturated heterocycles. The van der Waals surface area contributed by atoms with Crippen molar-refractivity contribution in [3.05, 3.63) is 0 Å². The summed E-state index contributed by atoms with van der Waals surface area (Å²) in [6, 6.07) is -0.105. The molecule has 0 heterocycles. The van der Waals surface area contributed by atoms with Crippen molar-refractivity contribution in [1.29, 1.82) is 0 Å². The lowest BCUT2D eigenvalue weighted by atomic mass is 10.0. The standard InChI is InChI=1S/C10H21NO2/c1-7(2)5-10(13)11-9(6-12)8(3)4/h7-9,12H,5-6H2,1-4H3,(H,11,13). The predicted octanol–water partition coefficient (Wildman–Crippen LogP) is 1.17. The lowest BCUT2D eigenvalue weighted by Crippen LogP contribution is -2.41. The molecule has 1 amide bonds. The third-order valence-electron chi connectivity index (χ3n) is 1.94. The Hall–Kier alpha value is -0.570. The van der Waals surface area contributed by atoms with Gasteiger partial charge in [-0.25, -0.2) is 0 Å². The van der Waals surface area contributed by atoms with Gasteiger partial charge in [-0.15, -0.1) is 0 Å². The zero-order valence-corrected chi connectivity index (χ0v) is 9.00. The molecule has 13 heavy (non-hydrogen) atoms. The Balaban J connectivity index is 3.87. The summed E-state index contributed by atoms with van der Waals surface area (Å²) in [6.07, 6.45) is 0.531. The number of aliphatic hydroxyl groups is 1. The first-order chi connectivity index (χ1) is 5.97. The van der Waals surface area contributed by atoms with Crippen molar-refractivity contribution >= 4 is 5.91 Å². The van der Waals surface area contributed by atoms with Crippen molar-refractivity contribution in [2.24, 2.45) is 11.8 Å². The Morgan fingerprint density at radius 3 is 2.15 bits per heavy atom. The summed E-state index contributed by atoms with van der Waals surface area (Å²) in [5, 5.41) is 11.8. The van der Waals surface area contributed by atoms with Gasteiger partial charge < -0.3 is 10.4 Å². The van der Waals surface area contributed by atoms with Crippen molar-refractivity contribution in [2.45, 2.75) is 40.2 Å². The van der Waals surface area contributed by atoms with Gasteiger partial charge in [-0.3, -0.25) is 4.79 Å². The van der Waals surface area contributed by atoms with E-state index in [2.05, 4.69) is 5.32 Å². The third-order valence-corrected chi connectivity index (χ3v) is 1.94. The fourth-order valence-corrected chi connectivity index (χ4v) is 1.06. The van der Waals surface area contributed by atoms with Gasteiger partial charge >= 0.3 is 0 Å². The van der Waals surface area contributed by atoms with Gasteiger partial charge in [-0.1, -0.05) is 27.7 Å². The van der Waals surface area contributed by atoms with Gasteiger partial charge in [0.1, 0.15) is 0 Å². The predicted molar refractivity (Wildman–Crippen MR) is 53.3 cm³/mol. The van der Waals surface area contributed by atoms with E-state index in [1.54, 1.807) is 0 Å². The molecule has 1 atom stereocenters. The van der Waals surface area contributed by atoms with Crippen LogP contribution in [0.25, 0.3) is 0 Å². The molecule has 3 heteroatoms. The molecule has 1 unspecified atom stereocenters. The highest BCUT2D eigenvalue weighted by Gasteiger charge is 2.15. The molecule has 3 nitrogen and oxygen atoms in total. The zero-order chi connectivity index (χ0) is 10.4. The first-order valence-corrected chi connectivity index (χ1v) is 4.87. The van der Waals surface area contributed by atoms with Gasteiger partial charge in [0.05, 0.1) is 12.6 Å². The molecule has 0 rings (SSSR count). The van der Waals surface area contributed by atoms with Crippen LogP contribution in [0.4, 0.5) is 0 Å². The van der Waals surface area contributed by atoms with Crippen LogP contribution in [0.1, 0.15) is 34.1 Å². The molecule has 0 radical (unpaired) electrons. The Morgan fingerprint density at radius 2 is 1.85 bits per heavy atom. The molecule has 0 aromatic heterocycles. The average Bonchev–Trinajstić information content (AvgIpc) is 1.98. The van der Waals surface area contributed by atoms with E-state index in [4.69, 9.17) is 5.11 Å². The van der Waals surface area contributed by atoms with Crippen LogP contribution in [0.3, 0.4) is 0 Å². The van der Waals surface area contributed by atoms with Crippen molar-refractivity contribution < 1.29 is 9.90 Å². The third kappa shape index (κ3) is 5.64. The number of nitrogens with one attached hydrogen (secondary N) is 1. The van der Waals surface area contributed by atoms with E-state index in [9.17, 15) is 4.79 Å². The normalized spacial score (nSPS) is 13.5. The average molecular weight is 187 g/mol. The molecule has 78 valence electrons. The van der Waals surface area contributed by atoms with E-state index in [-0.39, 0.29) is 24.5 Å². The molecule has 0 aromatic carbocycles. The van der Waals surface area contributed by atoms with E-state index >= 15 is 0 Å². The van der Waals surface area contributed by atoms with E-state index in [0.717, 1.165) is 0 Å². The van der Waals surface area contributed by atoms with Crippen molar-refractivity contribution in [3.63, 3.8) is 0 Å². The second-order valence-electron chi connectivity index (χ2n) is 4.20. The minimum Gasteiger partial charge on any atom is -0.394 e. The number of hydrogen-bond acceptors (Lipinski definition) is 2. The molecule has 0 bridgehead atoms. The van der Waals surface area contributed by atoms with Gasteiger partial charge in [0, 0.05) is 6.42 Å². The number of carbonyl (C=O) groups excluding carboxylic acids is 1. The van der Waals surface area contributed by atoms with Crippen molar-refractivity contribution in [3.8, 4) is 0 Å². The molecular formula is C10H21NO2. The summed E-state index contributed by atoms with van der Waals surface area (Å²) in [4.78, 5) is 11.3. The summed E-state index contributed by atoms with van der Waals surface area (Å²) >= 11 is 0. The second-order valence-corrected chi connectivity index (χ2v) is 4.20. The van der Waals surface area contributed by atoms with Crippen LogP contribution in [0.2, 0.25) is 0 Å². The lowest BCUT2D eigenvalue weighted by Gasteiger charge is -2.20. The SMILES string of the molecule is CC(C)CC(=O)NC(CO)C(C)C. The van der Waals surface area contributed by atoms with E-state index < -0.39 is 0 Å². The second kappa shape index (κ2) is 5.97. The van der Waals surface area contributed by atoms with Crippen molar-refractivity contribution in [2.75, 3.05) is 6.61 Å². The summed E-state index contributed by atoms with van der Waals surface area (Å²) in [5.41, 5.74) is 0. The first kappa shape index (κ1) is 12.4. The van der Waals surface area contributed by atoms with Crippen LogP contribution in [-0.4, -0.2) is 23.7 Å². The largest absolute Gasteiger partial charge is 0.394 e. The topological polar surface area (TPSA) is 49.3 Å². The van der Waals surface area contributed by atoms with Gasteiger partial charge in [0.15, 0.2) is 0 Å². The van der Waals surface area contributed by atoms with Crippen LogP contribution in [0.15, 0.2) is 0 Å². The van der Waals surface area contributed by atoms with Gasteiger partial charge in [0.2, 0.25) is 5.91 Å². The maximum absolute atomic E-state index is 11.3. The highest BCUT2D eigenvalue weighted by molar-refractivity contribution is 5.76. The Bertz CT molecular complexity index is 155. The lowest BCUT2D eigenvalue weighted by molar-refractivity contribution is -0.123. The minimum absolute atomic E-state index is 0.0154. The van der Waals surface area contributed by atoms with E-state index in [1.165, 1.54) is 0 Å². The van der Waals surface area contributed by atoms with Gasteiger partial charge in [-0.05, 0) is 11.8 Å². The van der Waals surface area contributed by atoms with Crippen LogP contribution in [0.5, 0.6) is 0 Å². The monoisotopic (exact) mass is 187 g/mol. The number of carbonyl (C=O) groups is 1.